The second-order valence-corrected chi connectivity index (χ2v) is 6.66. The number of esters is 1. The van der Waals surface area contributed by atoms with E-state index in [0.717, 1.165) is 56.2 Å². The number of aromatic nitrogens is 3. The molecular weight excluding hydrogens is 471 g/mol. The molecule has 0 radical (unpaired) electrons. The van der Waals surface area contributed by atoms with Crippen molar-refractivity contribution in [2.75, 3.05) is 33.3 Å². The molecule has 1 N–H and O–H groups in total. The fraction of sp³-hybridized carbons (Fsp3) is 0.579. The monoisotopic (exact) mass is 500 g/mol. The molecule has 1 atom stereocenters. The third kappa shape index (κ3) is 5.55. The summed E-state index contributed by atoms with van der Waals surface area (Å²) in [6.45, 7) is 4.63. The summed E-state index contributed by atoms with van der Waals surface area (Å²) in [5.41, 5.74) is 0.870. The van der Waals surface area contributed by atoms with Crippen molar-refractivity contribution in [2.45, 2.75) is 32.6 Å². The number of fused-ring (bicyclic) bond motifs is 1. The Labute approximate surface area is 182 Å². The Morgan fingerprint density at radius 1 is 1.39 bits per heavy atom. The number of nitrogens with one attached hydrogen (secondary N) is 1. The van der Waals surface area contributed by atoms with Crippen LogP contribution < -0.4 is 5.32 Å². The smallest absolute Gasteiger partial charge is 0.310 e. The molecule has 2 aromatic heterocycles. The number of aryl methyl sites for hydroxylation is 1. The Bertz CT molecular complexity index is 794. The van der Waals surface area contributed by atoms with Gasteiger partial charge in [0.05, 0.1) is 12.5 Å². The summed E-state index contributed by atoms with van der Waals surface area (Å²) in [6, 6.07) is 5.89. The maximum atomic E-state index is 12.0. The van der Waals surface area contributed by atoms with Gasteiger partial charge in [-0.3, -0.25) is 14.2 Å². The van der Waals surface area contributed by atoms with Crippen LogP contribution in [0.3, 0.4) is 0 Å². The summed E-state index contributed by atoms with van der Waals surface area (Å²) in [5, 5.41) is 11.8. The number of hydrogen-bond acceptors (Lipinski definition) is 5. The maximum absolute atomic E-state index is 12.0. The lowest BCUT2D eigenvalue weighted by Crippen LogP contribution is -2.48. The Balaban J connectivity index is 0.00000280. The third-order valence-corrected chi connectivity index (χ3v) is 4.80. The van der Waals surface area contributed by atoms with Gasteiger partial charge in [0.25, 0.3) is 0 Å². The molecule has 3 heterocycles. The molecule has 3 rings (SSSR count). The first-order valence-corrected chi connectivity index (χ1v) is 9.63. The molecule has 1 aliphatic heterocycles. The van der Waals surface area contributed by atoms with Gasteiger partial charge in [-0.05, 0) is 38.3 Å². The standard InChI is InChI=1S/C19H28N6O2.HI/c1-3-27-18(26)15-8-7-12-24(14-15)19(20-2)21-11-6-10-17-23-22-16-9-4-5-13-25(16)17;/h4-5,9,13,15H,3,6-8,10-12,14H2,1-2H3,(H,20,21);1H. The zero-order chi connectivity index (χ0) is 19.1. The first kappa shape index (κ1) is 22.4. The molecule has 9 heteroatoms. The van der Waals surface area contributed by atoms with Crippen LogP contribution in [-0.4, -0.2) is 64.7 Å². The van der Waals surface area contributed by atoms with Crippen molar-refractivity contribution in [2.24, 2.45) is 10.9 Å². The lowest BCUT2D eigenvalue weighted by Gasteiger charge is -2.33. The molecule has 0 amide bonds. The van der Waals surface area contributed by atoms with Crippen LogP contribution >= 0.6 is 24.0 Å². The van der Waals surface area contributed by atoms with Crippen molar-refractivity contribution in [1.82, 2.24) is 24.8 Å². The van der Waals surface area contributed by atoms with Crippen molar-refractivity contribution in [3.63, 3.8) is 0 Å². The first-order valence-electron chi connectivity index (χ1n) is 9.63. The van der Waals surface area contributed by atoms with Crippen molar-refractivity contribution >= 4 is 41.6 Å². The van der Waals surface area contributed by atoms with E-state index in [4.69, 9.17) is 4.74 Å². The van der Waals surface area contributed by atoms with Gasteiger partial charge in [-0.1, -0.05) is 6.07 Å². The highest BCUT2D eigenvalue weighted by atomic mass is 127. The lowest BCUT2D eigenvalue weighted by molar-refractivity contribution is -0.149. The van der Waals surface area contributed by atoms with Gasteiger partial charge in [0.2, 0.25) is 0 Å². The molecular formula is C19H29IN6O2. The van der Waals surface area contributed by atoms with E-state index in [2.05, 4.69) is 25.4 Å². The molecule has 2 aromatic rings. The fourth-order valence-corrected chi connectivity index (χ4v) is 3.46. The van der Waals surface area contributed by atoms with Crippen LogP contribution in [0.5, 0.6) is 0 Å². The zero-order valence-corrected chi connectivity index (χ0v) is 18.8. The summed E-state index contributed by atoms with van der Waals surface area (Å²) in [5.74, 6) is 1.63. The molecule has 8 nitrogen and oxygen atoms in total. The lowest BCUT2D eigenvalue weighted by atomic mass is 9.98. The number of ether oxygens (including phenoxy) is 1. The number of piperidine rings is 1. The van der Waals surface area contributed by atoms with Gasteiger partial charge in [-0.25, -0.2) is 0 Å². The zero-order valence-electron chi connectivity index (χ0n) is 16.5. The van der Waals surface area contributed by atoms with E-state index in [-0.39, 0.29) is 35.9 Å². The topological polar surface area (TPSA) is 84.1 Å². The van der Waals surface area contributed by atoms with Gasteiger partial charge in [-0.15, -0.1) is 34.2 Å². The third-order valence-electron chi connectivity index (χ3n) is 4.80. The minimum absolute atomic E-state index is 0. The molecule has 1 aliphatic rings. The molecule has 0 aromatic carbocycles. The molecule has 0 spiro atoms. The van der Waals surface area contributed by atoms with Crippen LogP contribution in [0.25, 0.3) is 5.65 Å². The van der Waals surface area contributed by atoms with E-state index in [0.29, 0.717) is 13.2 Å². The number of nitrogens with zero attached hydrogens (tertiary/aromatic N) is 5. The van der Waals surface area contributed by atoms with Crippen LogP contribution in [-0.2, 0) is 16.0 Å². The van der Waals surface area contributed by atoms with Crippen LogP contribution in [0.2, 0.25) is 0 Å². The second kappa shape index (κ2) is 11.2. The molecule has 0 saturated carbocycles. The van der Waals surface area contributed by atoms with Crippen molar-refractivity contribution < 1.29 is 9.53 Å². The van der Waals surface area contributed by atoms with Crippen LogP contribution in [0.4, 0.5) is 0 Å². The molecule has 28 heavy (non-hydrogen) atoms. The first-order chi connectivity index (χ1) is 13.2. The summed E-state index contributed by atoms with van der Waals surface area (Å²) in [7, 11) is 1.78. The van der Waals surface area contributed by atoms with E-state index >= 15 is 0 Å². The summed E-state index contributed by atoms with van der Waals surface area (Å²) in [6.07, 6.45) is 5.59. The van der Waals surface area contributed by atoms with Gasteiger partial charge in [0, 0.05) is 39.3 Å². The molecule has 1 saturated heterocycles. The van der Waals surface area contributed by atoms with E-state index in [1.807, 2.05) is 35.7 Å². The number of rotatable bonds is 6. The SMILES string of the molecule is CCOC(=O)C1CCCN(C(=NC)NCCCc2nnc3ccccn23)C1.I. The Morgan fingerprint density at radius 2 is 2.25 bits per heavy atom. The Hall–Kier alpha value is -1.91. The van der Waals surface area contributed by atoms with Gasteiger partial charge in [-0.2, -0.15) is 0 Å². The fourth-order valence-electron chi connectivity index (χ4n) is 3.46. The number of carbonyl (C=O) groups is 1. The number of carbonyl (C=O) groups excluding carboxylic acids is 1. The number of hydrogen-bond donors (Lipinski definition) is 1. The highest BCUT2D eigenvalue weighted by molar-refractivity contribution is 14.0. The van der Waals surface area contributed by atoms with Crippen molar-refractivity contribution in [3.8, 4) is 0 Å². The predicted molar refractivity (Wildman–Crippen MR) is 119 cm³/mol. The van der Waals surface area contributed by atoms with Crippen LogP contribution in [0, 0.1) is 5.92 Å². The predicted octanol–water partition coefficient (Wildman–Crippen LogP) is 2.13. The summed E-state index contributed by atoms with van der Waals surface area (Å²) >= 11 is 0. The Kier molecular flexibility index (Phi) is 8.94. The minimum atomic E-state index is -0.101. The summed E-state index contributed by atoms with van der Waals surface area (Å²) < 4.78 is 7.19. The Morgan fingerprint density at radius 3 is 3.04 bits per heavy atom. The molecule has 1 fully saturated rings. The number of guanidine groups is 1. The largest absolute Gasteiger partial charge is 0.466 e. The quantitative estimate of drug-likeness (QED) is 0.215. The molecule has 154 valence electrons. The molecule has 1 unspecified atom stereocenters. The van der Waals surface area contributed by atoms with Gasteiger partial charge in [0.1, 0.15) is 5.82 Å². The minimum Gasteiger partial charge on any atom is -0.466 e. The summed E-state index contributed by atoms with van der Waals surface area (Å²) in [4.78, 5) is 18.6. The van der Waals surface area contributed by atoms with E-state index in [1.165, 1.54) is 0 Å². The molecule has 0 aliphatic carbocycles. The van der Waals surface area contributed by atoms with E-state index < -0.39 is 0 Å². The van der Waals surface area contributed by atoms with Crippen LogP contribution in [0.1, 0.15) is 32.0 Å². The number of aliphatic imine (C=N–C) groups is 1. The van der Waals surface area contributed by atoms with Gasteiger partial charge >= 0.3 is 5.97 Å². The van der Waals surface area contributed by atoms with Crippen LogP contribution in [0.15, 0.2) is 29.4 Å². The maximum Gasteiger partial charge on any atom is 0.310 e. The van der Waals surface area contributed by atoms with E-state index in [9.17, 15) is 4.79 Å². The average Bonchev–Trinajstić information content (AvgIpc) is 3.11. The van der Waals surface area contributed by atoms with Crippen molar-refractivity contribution in [3.05, 3.63) is 30.2 Å². The normalized spacial score (nSPS) is 17.3. The highest BCUT2D eigenvalue weighted by Crippen LogP contribution is 2.18. The van der Waals surface area contributed by atoms with Crippen molar-refractivity contribution in [1.29, 1.82) is 0 Å². The average molecular weight is 500 g/mol. The molecule has 0 bridgehead atoms. The number of likely N-dealkylation sites (tertiary alicyclic amines) is 1. The van der Waals surface area contributed by atoms with E-state index in [1.54, 1.807) is 7.05 Å². The number of halogens is 1. The van der Waals surface area contributed by atoms with Gasteiger partial charge < -0.3 is 15.0 Å². The van der Waals surface area contributed by atoms with Gasteiger partial charge in [0.15, 0.2) is 11.6 Å². The second-order valence-electron chi connectivity index (χ2n) is 6.66. The number of pyridine rings is 1. The highest BCUT2D eigenvalue weighted by Gasteiger charge is 2.28.